The number of nitrogens with zero attached hydrogens (tertiary/aromatic N) is 2. The highest BCUT2D eigenvalue weighted by Crippen LogP contribution is 2.44. The molecule has 0 bridgehead atoms. The standard InChI is InChI=1S/C17H18N2O3S3/c1-21-17(20)12-4-3-11-7-14(25-13(11)8-12)15(24-2)16(22-10-23)19-6-5-18-9-19/h5-10,15-16H,3-4H2,1-2H3. The van der Waals surface area contributed by atoms with Gasteiger partial charge in [0.25, 0.3) is 0 Å². The summed E-state index contributed by atoms with van der Waals surface area (Å²) in [7, 11) is 1.42. The molecule has 8 heteroatoms. The van der Waals surface area contributed by atoms with Crippen LogP contribution in [0.5, 0.6) is 0 Å². The summed E-state index contributed by atoms with van der Waals surface area (Å²) >= 11 is 8.30. The fourth-order valence-corrected chi connectivity index (χ4v) is 5.33. The van der Waals surface area contributed by atoms with Gasteiger partial charge in [-0.15, -0.1) is 11.3 Å². The van der Waals surface area contributed by atoms with Crippen LogP contribution < -0.4 is 0 Å². The second kappa shape index (κ2) is 8.16. The highest BCUT2D eigenvalue weighted by Gasteiger charge is 2.28. The van der Waals surface area contributed by atoms with Gasteiger partial charge in [-0.25, -0.2) is 9.78 Å². The molecule has 0 saturated heterocycles. The number of hydrogen-bond donors (Lipinski definition) is 0. The van der Waals surface area contributed by atoms with Gasteiger partial charge in [-0.1, -0.05) is 0 Å². The van der Waals surface area contributed by atoms with Crippen molar-refractivity contribution in [3.05, 3.63) is 45.7 Å². The van der Waals surface area contributed by atoms with Gasteiger partial charge >= 0.3 is 5.97 Å². The summed E-state index contributed by atoms with van der Waals surface area (Å²) in [6.07, 6.45) is 10.6. The number of aromatic nitrogens is 2. The number of thioether (sulfide) groups is 1. The van der Waals surface area contributed by atoms with E-state index in [-0.39, 0.29) is 17.4 Å². The summed E-state index contributed by atoms with van der Waals surface area (Å²) in [5.74, 6) is -0.248. The molecule has 1 aliphatic carbocycles. The van der Waals surface area contributed by atoms with Gasteiger partial charge in [-0.3, -0.25) is 4.57 Å². The van der Waals surface area contributed by atoms with E-state index in [1.807, 2.05) is 16.8 Å². The average Bonchev–Trinajstić information content (AvgIpc) is 3.29. The van der Waals surface area contributed by atoms with Gasteiger partial charge in [-0.2, -0.15) is 11.8 Å². The first-order valence-corrected chi connectivity index (χ1v) is 10.3. The van der Waals surface area contributed by atoms with Gasteiger partial charge in [-0.05, 0) is 49.0 Å². The van der Waals surface area contributed by atoms with Crippen LogP contribution >= 0.6 is 35.3 Å². The van der Waals surface area contributed by atoms with Gasteiger partial charge in [0, 0.05) is 27.7 Å². The molecule has 0 amide bonds. The number of rotatable bonds is 7. The van der Waals surface area contributed by atoms with Crippen LogP contribution in [0.15, 0.2) is 30.4 Å². The second-order valence-corrected chi connectivity index (χ2v) is 7.78. The van der Waals surface area contributed by atoms with Crippen molar-refractivity contribution < 1.29 is 14.3 Å². The summed E-state index contributed by atoms with van der Waals surface area (Å²) in [6, 6.07) is 2.21. The molecule has 0 fully saturated rings. The Bertz CT molecular complexity index is 783. The monoisotopic (exact) mass is 394 g/mol. The van der Waals surface area contributed by atoms with Crippen molar-refractivity contribution in [2.24, 2.45) is 0 Å². The first-order chi connectivity index (χ1) is 12.2. The highest BCUT2D eigenvalue weighted by atomic mass is 32.2. The second-order valence-electron chi connectivity index (χ2n) is 5.49. The third kappa shape index (κ3) is 3.80. The zero-order chi connectivity index (χ0) is 17.8. The zero-order valence-electron chi connectivity index (χ0n) is 13.9. The molecule has 0 aliphatic heterocycles. The largest absolute Gasteiger partial charge is 0.466 e. The minimum atomic E-state index is -0.265. The Morgan fingerprint density at radius 3 is 3.00 bits per heavy atom. The number of methoxy groups -OCH3 is 1. The van der Waals surface area contributed by atoms with E-state index in [0.29, 0.717) is 6.42 Å². The molecule has 25 heavy (non-hydrogen) atoms. The number of ether oxygens (including phenoxy) is 2. The van der Waals surface area contributed by atoms with Crippen molar-refractivity contribution in [1.82, 2.24) is 9.55 Å². The van der Waals surface area contributed by atoms with Gasteiger partial charge in [0.15, 0.2) is 6.23 Å². The number of thiocarbonyl (C=S) groups is 1. The molecule has 5 nitrogen and oxygen atoms in total. The van der Waals surface area contributed by atoms with Crippen LogP contribution in [0.1, 0.15) is 33.2 Å². The van der Waals surface area contributed by atoms with Crippen LogP contribution in [0.25, 0.3) is 6.08 Å². The van der Waals surface area contributed by atoms with E-state index in [0.717, 1.165) is 16.9 Å². The summed E-state index contributed by atoms with van der Waals surface area (Å²) in [4.78, 5) is 18.2. The van der Waals surface area contributed by atoms with Gasteiger partial charge < -0.3 is 9.47 Å². The molecule has 0 radical (unpaired) electrons. The Morgan fingerprint density at radius 2 is 2.36 bits per heavy atom. The molecule has 132 valence electrons. The Morgan fingerprint density at radius 1 is 1.52 bits per heavy atom. The molecule has 2 atom stereocenters. The van der Waals surface area contributed by atoms with Crippen molar-refractivity contribution in [1.29, 1.82) is 0 Å². The fourth-order valence-electron chi connectivity index (χ4n) is 2.86. The number of fused-ring (bicyclic) bond motifs is 1. The predicted molar refractivity (Wildman–Crippen MR) is 105 cm³/mol. The molecule has 2 unspecified atom stereocenters. The van der Waals surface area contributed by atoms with E-state index in [1.165, 1.54) is 23.1 Å². The molecule has 1 aliphatic rings. The van der Waals surface area contributed by atoms with E-state index in [2.05, 4.69) is 17.3 Å². The Kier molecular flexibility index (Phi) is 5.93. The minimum Gasteiger partial charge on any atom is -0.466 e. The molecular weight excluding hydrogens is 376 g/mol. The molecule has 0 saturated carbocycles. The first kappa shape index (κ1) is 18.2. The Balaban J connectivity index is 1.93. The van der Waals surface area contributed by atoms with Crippen LogP contribution in [0.2, 0.25) is 0 Å². The van der Waals surface area contributed by atoms with Gasteiger partial charge in [0.1, 0.15) is 5.55 Å². The quantitative estimate of drug-likeness (QED) is 0.522. The van der Waals surface area contributed by atoms with Gasteiger partial charge in [0.2, 0.25) is 0 Å². The third-order valence-electron chi connectivity index (χ3n) is 4.08. The molecular formula is C17H18N2O3S3. The number of carbonyl (C=O) groups excluding carboxylic acids is 1. The van der Waals surface area contributed by atoms with Crippen LogP contribution in [0.4, 0.5) is 0 Å². The molecule has 0 spiro atoms. The molecule has 3 rings (SSSR count). The number of hydrogen-bond acceptors (Lipinski definition) is 7. The summed E-state index contributed by atoms with van der Waals surface area (Å²) < 4.78 is 12.5. The number of aryl methyl sites for hydroxylation is 1. The summed E-state index contributed by atoms with van der Waals surface area (Å²) in [5.41, 5.74) is 3.29. The van der Waals surface area contributed by atoms with Crippen LogP contribution in [-0.2, 0) is 20.7 Å². The molecule has 2 aromatic heterocycles. The SMILES string of the molecule is COC(=O)C1=Cc2sc(C(SC)C(OC=S)n3ccnc3)cc2CC1. The summed E-state index contributed by atoms with van der Waals surface area (Å²) in [5, 5.41) is 0.0685. The maximum Gasteiger partial charge on any atom is 0.333 e. The number of carbonyl (C=O) groups is 1. The number of imidazole rings is 1. The Hall–Kier alpha value is -1.64. The average molecular weight is 395 g/mol. The molecule has 2 heterocycles. The smallest absolute Gasteiger partial charge is 0.333 e. The van der Waals surface area contributed by atoms with Crippen molar-refractivity contribution >= 4 is 52.9 Å². The maximum atomic E-state index is 11.8. The number of thiophene rings is 1. The predicted octanol–water partition coefficient (Wildman–Crippen LogP) is 4.02. The molecule has 0 N–H and O–H groups in total. The first-order valence-electron chi connectivity index (χ1n) is 7.68. The van der Waals surface area contributed by atoms with E-state index in [9.17, 15) is 4.79 Å². The lowest BCUT2D eigenvalue weighted by atomic mass is 9.98. The van der Waals surface area contributed by atoms with E-state index < -0.39 is 0 Å². The molecule has 2 aromatic rings. The highest BCUT2D eigenvalue weighted by molar-refractivity contribution is 7.99. The maximum absolute atomic E-state index is 11.8. The Labute approximate surface area is 160 Å². The topological polar surface area (TPSA) is 53.4 Å². The van der Waals surface area contributed by atoms with Crippen molar-refractivity contribution in [3.8, 4) is 0 Å². The summed E-state index contributed by atoms with van der Waals surface area (Å²) in [6.45, 7) is 0. The van der Waals surface area contributed by atoms with Crippen LogP contribution in [0, 0.1) is 0 Å². The lowest BCUT2D eigenvalue weighted by Crippen LogP contribution is -2.16. The van der Waals surface area contributed by atoms with Crippen molar-refractivity contribution in [3.63, 3.8) is 0 Å². The van der Waals surface area contributed by atoms with Crippen LogP contribution in [-0.4, -0.2) is 34.4 Å². The number of esters is 1. The lowest BCUT2D eigenvalue weighted by molar-refractivity contribution is -0.136. The third-order valence-corrected chi connectivity index (χ3v) is 6.55. The van der Waals surface area contributed by atoms with E-state index in [4.69, 9.17) is 21.7 Å². The van der Waals surface area contributed by atoms with Crippen LogP contribution in [0.3, 0.4) is 0 Å². The van der Waals surface area contributed by atoms with Crippen molar-refractivity contribution in [2.75, 3.05) is 13.4 Å². The minimum absolute atomic E-state index is 0.0685. The lowest BCUT2D eigenvalue weighted by Gasteiger charge is -2.24. The molecule has 0 aromatic carbocycles. The normalized spacial score (nSPS) is 15.7. The fraction of sp³-hybridized carbons (Fsp3) is 0.353. The van der Waals surface area contributed by atoms with Crippen molar-refractivity contribution in [2.45, 2.75) is 24.3 Å². The zero-order valence-corrected chi connectivity index (χ0v) is 16.3. The van der Waals surface area contributed by atoms with Gasteiger partial charge in [0.05, 0.1) is 18.7 Å². The van der Waals surface area contributed by atoms with E-state index >= 15 is 0 Å². The van der Waals surface area contributed by atoms with E-state index in [1.54, 1.807) is 35.6 Å².